The van der Waals surface area contributed by atoms with Crippen LogP contribution in [0.5, 0.6) is 0 Å². The third-order valence-electron chi connectivity index (χ3n) is 8.27. The zero-order chi connectivity index (χ0) is 28.7. The van der Waals surface area contributed by atoms with Crippen LogP contribution in [0.1, 0.15) is 25.0 Å². The predicted octanol–water partition coefficient (Wildman–Crippen LogP) is 11.6. The molecule has 0 bridgehead atoms. The molecule has 0 radical (unpaired) electrons. The summed E-state index contributed by atoms with van der Waals surface area (Å²) in [6.45, 7) is 4.66. The minimum Gasteiger partial charge on any atom is -0.310 e. The Balaban J connectivity index is 1.39. The smallest absolute Gasteiger partial charge is 0.0482 e. The maximum atomic E-state index is 6.47. The van der Waals surface area contributed by atoms with Gasteiger partial charge in [0.05, 0.1) is 0 Å². The van der Waals surface area contributed by atoms with Gasteiger partial charge in [-0.3, -0.25) is 0 Å². The van der Waals surface area contributed by atoms with E-state index in [1.54, 1.807) is 0 Å². The molecule has 6 aromatic rings. The van der Waals surface area contributed by atoms with Crippen LogP contribution in [0.2, 0.25) is 5.02 Å². The fourth-order valence-corrected chi connectivity index (χ4v) is 6.45. The van der Waals surface area contributed by atoms with Crippen molar-refractivity contribution in [2.24, 2.45) is 0 Å². The van der Waals surface area contributed by atoms with E-state index >= 15 is 0 Å². The summed E-state index contributed by atoms with van der Waals surface area (Å²) in [6.07, 6.45) is 0. The number of halogens is 1. The van der Waals surface area contributed by atoms with Gasteiger partial charge in [-0.15, -0.1) is 0 Å². The van der Waals surface area contributed by atoms with Gasteiger partial charge in [-0.05, 0) is 95.1 Å². The molecule has 0 heterocycles. The van der Waals surface area contributed by atoms with E-state index in [4.69, 9.17) is 11.6 Å². The van der Waals surface area contributed by atoms with E-state index in [0.29, 0.717) is 5.02 Å². The molecule has 7 rings (SSSR count). The molecule has 0 N–H and O–H groups in total. The molecule has 1 aliphatic rings. The number of hydrogen-bond acceptors (Lipinski definition) is 2. The minimum atomic E-state index is -0.0805. The molecule has 0 spiro atoms. The van der Waals surface area contributed by atoms with E-state index < -0.39 is 0 Å². The second kappa shape index (κ2) is 10.6. The SMILES string of the molecule is CC1(C)c2ccccc2-c2ccc(N(c3ccccc3)c3cccc(N(c4ccccc4)c4cccc(Cl)c4)c3)cc21. The molecular formula is C39H31ClN2. The van der Waals surface area contributed by atoms with Gasteiger partial charge in [0.1, 0.15) is 0 Å². The van der Waals surface area contributed by atoms with Crippen molar-refractivity contribution in [2.75, 3.05) is 9.80 Å². The van der Waals surface area contributed by atoms with Gasteiger partial charge in [0.25, 0.3) is 0 Å². The summed E-state index contributed by atoms with van der Waals surface area (Å²) in [7, 11) is 0. The highest BCUT2D eigenvalue weighted by Crippen LogP contribution is 2.50. The first-order valence-corrected chi connectivity index (χ1v) is 14.7. The number of nitrogens with zero attached hydrogens (tertiary/aromatic N) is 2. The lowest BCUT2D eigenvalue weighted by Gasteiger charge is -2.30. The highest BCUT2D eigenvalue weighted by Gasteiger charge is 2.35. The molecular weight excluding hydrogens is 532 g/mol. The summed E-state index contributed by atoms with van der Waals surface area (Å²) in [5, 5.41) is 0.706. The fourth-order valence-electron chi connectivity index (χ4n) is 6.27. The van der Waals surface area contributed by atoms with Crippen molar-refractivity contribution in [1.29, 1.82) is 0 Å². The van der Waals surface area contributed by atoms with Gasteiger partial charge in [-0.25, -0.2) is 0 Å². The van der Waals surface area contributed by atoms with Crippen LogP contribution < -0.4 is 9.80 Å². The van der Waals surface area contributed by atoms with Crippen LogP contribution in [0.3, 0.4) is 0 Å². The molecule has 0 fully saturated rings. The largest absolute Gasteiger partial charge is 0.310 e. The van der Waals surface area contributed by atoms with Crippen LogP contribution in [0.25, 0.3) is 11.1 Å². The van der Waals surface area contributed by atoms with Crippen LogP contribution in [-0.4, -0.2) is 0 Å². The van der Waals surface area contributed by atoms with Crippen molar-refractivity contribution >= 4 is 45.7 Å². The van der Waals surface area contributed by atoms with Crippen molar-refractivity contribution in [3.63, 3.8) is 0 Å². The highest BCUT2D eigenvalue weighted by atomic mass is 35.5. The normalized spacial score (nSPS) is 12.8. The van der Waals surface area contributed by atoms with E-state index in [0.717, 1.165) is 34.1 Å². The lowest BCUT2D eigenvalue weighted by Crippen LogP contribution is -2.17. The zero-order valence-electron chi connectivity index (χ0n) is 23.7. The number of hydrogen-bond donors (Lipinski definition) is 0. The monoisotopic (exact) mass is 562 g/mol. The molecule has 0 atom stereocenters. The van der Waals surface area contributed by atoms with Crippen LogP contribution in [0.15, 0.2) is 152 Å². The molecule has 42 heavy (non-hydrogen) atoms. The van der Waals surface area contributed by atoms with E-state index in [1.807, 2.05) is 24.3 Å². The molecule has 3 heteroatoms. The van der Waals surface area contributed by atoms with Crippen molar-refractivity contribution in [3.8, 4) is 11.1 Å². The Morgan fingerprint density at radius 1 is 0.405 bits per heavy atom. The average Bonchev–Trinajstić information content (AvgIpc) is 3.25. The fraction of sp³-hybridized carbons (Fsp3) is 0.0769. The summed E-state index contributed by atoms with van der Waals surface area (Å²) in [4.78, 5) is 4.60. The molecule has 0 aromatic heterocycles. The Labute approximate surface area is 253 Å². The first-order chi connectivity index (χ1) is 20.5. The first kappa shape index (κ1) is 26.1. The Morgan fingerprint density at radius 2 is 0.881 bits per heavy atom. The van der Waals surface area contributed by atoms with Crippen LogP contribution >= 0.6 is 11.6 Å². The summed E-state index contributed by atoms with van der Waals surface area (Å²) >= 11 is 6.47. The van der Waals surface area contributed by atoms with Crippen molar-refractivity contribution < 1.29 is 0 Å². The van der Waals surface area contributed by atoms with Gasteiger partial charge < -0.3 is 9.80 Å². The maximum Gasteiger partial charge on any atom is 0.0482 e. The summed E-state index contributed by atoms with van der Waals surface area (Å²) < 4.78 is 0. The van der Waals surface area contributed by atoms with Gasteiger partial charge in [-0.2, -0.15) is 0 Å². The lowest BCUT2D eigenvalue weighted by atomic mass is 9.82. The quantitative estimate of drug-likeness (QED) is 0.199. The van der Waals surface area contributed by atoms with Gasteiger partial charge in [0.2, 0.25) is 0 Å². The molecule has 6 aromatic carbocycles. The van der Waals surface area contributed by atoms with Gasteiger partial charge in [-0.1, -0.05) is 104 Å². The molecule has 0 aliphatic heterocycles. The van der Waals surface area contributed by atoms with Gasteiger partial charge in [0, 0.05) is 44.6 Å². The van der Waals surface area contributed by atoms with E-state index in [-0.39, 0.29) is 5.41 Å². The number of para-hydroxylation sites is 2. The van der Waals surface area contributed by atoms with Gasteiger partial charge >= 0.3 is 0 Å². The standard InChI is InChI=1S/C39H31ClN2/c1-39(2)37-22-10-9-21-35(37)36-24-23-34(27-38(36)39)42(30-16-7-4-8-17-30)33-20-12-19-32(26-33)41(29-14-5-3-6-15-29)31-18-11-13-28(40)25-31/h3-27H,1-2H3. The molecule has 0 amide bonds. The maximum absolute atomic E-state index is 6.47. The topological polar surface area (TPSA) is 6.48 Å². The van der Waals surface area contributed by atoms with Crippen LogP contribution in [0.4, 0.5) is 34.1 Å². The van der Waals surface area contributed by atoms with Gasteiger partial charge in [0.15, 0.2) is 0 Å². The molecule has 0 saturated heterocycles. The lowest BCUT2D eigenvalue weighted by molar-refractivity contribution is 0.660. The summed E-state index contributed by atoms with van der Waals surface area (Å²) in [5.41, 5.74) is 11.7. The Kier molecular flexibility index (Phi) is 6.57. The van der Waals surface area contributed by atoms with E-state index in [9.17, 15) is 0 Å². The van der Waals surface area contributed by atoms with Crippen LogP contribution in [-0.2, 0) is 5.41 Å². The summed E-state index contributed by atoms with van der Waals surface area (Å²) in [6, 6.07) is 53.5. The third-order valence-corrected chi connectivity index (χ3v) is 8.50. The Hall–Kier alpha value is -4.79. The van der Waals surface area contributed by atoms with Crippen LogP contribution in [0, 0.1) is 0 Å². The number of benzene rings is 6. The molecule has 2 nitrogen and oxygen atoms in total. The molecule has 0 saturated carbocycles. The Bertz CT molecular complexity index is 1880. The summed E-state index contributed by atoms with van der Waals surface area (Å²) in [5.74, 6) is 0. The highest BCUT2D eigenvalue weighted by molar-refractivity contribution is 6.30. The molecule has 204 valence electrons. The predicted molar refractivity (Wildman–Crippen MR) is 178 cm³/mol. The van der Waals surface area contributed by atoms with Crippen molar-refractivity contribution in [2.45, 2.75) is 19.3 Å². The second-order valence-corrected chi connectivity index (χ2v) is 11.7. The minimum absolute atomic E-state index is 0.0805. The number of rotatable bonds is 6. The Morgan fingerprint density at radius 3 is 1.50 bits per heavy atom. The number of anilines is 6. The average molecular weight is 563 g/mol. The molecule has 1 aliphatic carbocycles. The third kappa shape index (κ3) is 4.55. The van der Waals surface area contributed by atoms with E-state index in [2.05, 4.69) is 151 Å². The number of fused-ring (bicyclic) bond motifs is 3. The second-order valence-electron chi connectivity index (χ2n) is 11.2. The van der Waals surface area contributed by atoms with Crippen molar-refractivity contribution in [3.05, 3.63) is 168 Å². The molecule has 0 unspecified atom stereocenters. The van der Waals surface area contributed by atoms with E-state index in [1.165, 1.54) is 22.3 Å². The van der Waals surface area contributed by atoms with Crippen molar-refractivity contribution in [1.82, 2.24) is 0 Å². The first-order valence-electron chi connectivity index (χ1n) is 14.3. The zero-order valence-corrected chi connectivity index (χ0v) is 24.5.